The number of hydrogen-bond acceptors (Lipinski definition) is 3. The Morgan fingerprint density at radius 1 is 1.20 bits per heavy atom. The minimum absolute atomic E-state index is 0.0327. The summed E-state index contributed by atoms with van der Waals surface area (Å²) in [6.07, 6.45) is 0.0634. The maximum atomic E-state index is 13.2. The van der Waals surface area contributed by atoms with Gasteiger partial charge in [-0.3, -0.25) is 14.9 Å². The van der Waals surface area contributed by atoms with Crippen LogP contribution >= 0.6 is 15.9 Å². The summed E-state index contributed by atoms with van der Waals surface area (Å²) in [4.78, 5) is 22.0. The number of carbonyl (C=O) groups excluding carboxylic acids is 1. The largest absolute Gasteiger partial charge is 0.294 e. The van der Waals surface area contributed by atoms with E-state index in [0.29, 0.717) is 10.0 Å². The van der Waals surface area contributed by atoms with Crippen LogP contribution in [0.4, 0.5) is 10.1 Å². The number of carbonyl (C=O) groups is 1. The summed E-state index contributed by atoms with van der Waals surface area (Å²) in [5.74, 6) is -0.745. The lowest BCUT2D eigenvalue weighted by Crippen LogP contribution is -2.04. The average molecular weight is 338 g/mol. The summed E-state index contributed by atoms with van der Waals surface area (Å²) >= 11 is 3.12. The fraction of sp³-hybridized carbons (Fsp3) is 0.0714. The summed E-state index contributed by atoms with van der Waals surface area (Å²) in [7, 11) is 0. The predicted molar refractivity (Wildman–Crippen MR) is 75.2 cm³/mol. The van der Waals surface area contributed by atoms with E-state index in [1.54, 1.807) is 0 Å². The van der Waals surface area contributed by atoms with Crippen LogP contribution in [0.1, 0.15) is 15.9 Å². The van der Waals surface area contributed by atoms with Crippen LogP contribution in [-0.4, -0.2) is 10.7 Å². The van der Waals surface area contributed by atoms with Gasteiger partial charge < -0.3 is 0 Å². The van der Waals surface area contributed by atoms with Crippen LogP contribution in [0.25, 0.3) is 0 Å². The summed E-state index contributed by atoms with van der Waals surface area (Å²) < 4.78 is 13.7. The number of benzene rings is 2. The van der Waals surface area contributed by atoms with Crippen molar-refractivity contribution < 1.29 is 14.1 Å². The van der Waals surface area contributed by atoms with Crippen molar-refractivity contribution in [2.75, 3.05) is 0 Å². The zero-order chi connectivity index (χ0) is 14.7. The molecule has 0 aliphatic heterocycles. The molecule has 0 aliphatic rings. The van der Waals surface area contributed by atoms with Crippen molar-refractivity contribution in [3.05, 3.63) is 74.0 Å². The Kier molecular flexibility index (Phi) is 4.24. The SMILES string of the molecule is O=C(Cc1ccc([N+](=O)[O-])cc1)c1cc(F)cc(Br)c1. The molecule has 2 aromatic carbocycles. The first-order chi connectivity index (χ1) is 9.45. The molecule has 0 spiro atoms. The molecule has 2 aromatic rings. The summed E-state index contributed by atoms with van der Waals surface area (Å²) in [5.41, 5.74) is 0.867. The molecule has 0 radical (unpaired) electrons. The van der Waals surface area contributed by atoms with E-state index in [-0.39, 0.29) is 23.5 Å². The molecule has 0 fully saturated rings. The first-order valence-electron chi connectivity index (χ1n) is 5.68. The molecule has 0 heterocycles. The van der Waals surface area contributed by atoms with E-state index < -0.39 is 10.7 Å². The molecule has 0 aliphatic carbocycles. The van der Waals surface area contributed by atoms with Gasteiger partial charge in [-0.15, -0.1) is 0 Å². The highest BCUT2D eigenvalue weighted by Crippen LogP contribution is 2.18. The van der Waals surface area contributed by atoms with Crippen molar-refractivity contribution in [3.8, 4) is 0 Å². The normalized spacial score (nSPS) is 10.3. The summed E-state index contributed by atoms with van der Waals surface area (Å²) in [6.45, 7) is 0. The number of rotatable bonds is 4. The Balaban J connectivity index is 2.16. The number of nitro benzene ring substituents is 1. The third-order valence-corrected chi connectivity index (χ3v) is 3.15. The smallest absolute Gasteiger partial charge is 0.269 e. The lowest BCUT2D eigenvalue weighted by atomic mass is 10.0. The van der Waals surface area contributed by atoms with Crippen LogP contribution in [0.15, 0.2) is 46.9 Å². The number of ketones is 1. The second kappa shape index (κ2) is 5.92. The summed E-state index contributed by atoms with van der Waals surface area (Å²) in [5, 5.41) is 10.5. The zero-order valence-corrected chi connectivity index (χ0v) is 11.8. The molecular formula is C14H9BrFNO3. The standard InChI is InChI=1S/C14H9BrFNO3/c15-11-6-10(7-12(16)8-11)14(18)5-9-1-3-13(4-2-9)17(19)20/h1-4,6-8H,5H2. The van der Waals surface area contributed by atoms with E-state index >= 15 is 0 Å². The molecule has 0 amide bonds. The van der Waals surface area contributed by atoms with E-state index in [2.05, 4.69) is 15.9 Å². The molecular weight excluding hydrogens is 329 g/mol. The molecule has 0 aromatic heterocycles. The van der Waals surface area contributed by atoms with Crippen molar-refractivity contribution in [1.82, 2.24) is 0 Å². The molecule has 102 valence electrons. The second-order valence-electron chi connectivity index (χ2n) is 4.18. The molecule has 0 N–H and O–H groups in total. The number of non-ortho nitro benzene ring substituents is 1. The fourth-order valence-electron chi connectivity index (χ4n) is 1.74. The molecule has 6 heteroatoms. The van der Waals surface area contributed by atoms with Gasteiger partial charge in [0.25, 0.3) is 5.69 Å². The first-order valence-corrected chi connectivity index (χ1v) is 6.47. The predicted octanol–water partition coefficient (Wildman–Crippen LogP) is 3.92. The van der Waals surface area contributed by atoms with Crippen molar-refractivity contribution >= 4 is 27.4 Å². The molecule has 0 unspecified atom stereocenters. The van der Waals surface area contributed by atoms with Gasteiger partial charge in [0.2, 0.25) is 0 Å². The van der Waals surface area contributed by atoms with Crippen molar-refractivity contribution in [2.45, 2.75) is 6.42 Å². The van der Waals surface area contributed by atoms with Crippen molar-refractivity contribution in [1.29, 1.82) is 0 Å². The highest BCUT2D eigenvalue weighted by molar-refractivity contribution is 9.10. The number of hydrogen-bond donors (Lipinski definition) is 0. The van der Waals surface area contributed by atoms with Crippen LogP contribution in [0.5, 0.6) is 0 Å². The maximum absolute atomic E-state index is 13.2. The quantitative estimate of drug-likeness (QED) is 0.482. The Morgan fingerprint density at radius 2 is 1.85 bits per heavy atom. The third kappa shape index (κ3) is 3.48. The maximum Gasteiger partial charge on any atom is 0.269 e. The highest BCUT2D eigenvalue weighted by atomic mass is 79.9. The third-order valence-electron chi connectivity index (χ3n) is 2.70. The van der Waals surface area contributed by atoms with E-state index in [4.69, 9.17) is 0 Å². The number of nitro groups is 1. The van der Waals surface area contributed by atoms with Gasteiger partial charge in [-0.25, -0.2) is 4.39 Å². The first kappa shape index (κ1) is 14.3. The minimum Gasteiger partial charge on any atom is -0.294 e. The van der Waals surface area contributed by atoms with Gasteiger partial charge in [0.05, 0.1) is 4.92 Å². The van der Waals surface area contributed by atoms with Crippen molar-refractivity contribution in [3.63, 3.8) is 0 Å². The number of Topliss-reactive ketones (excluding diaryl/α,β-unsaturated/α-hetero) is 1. The molecule has 0 atom stereocenters. The van der Waals surface area contributed by atoms with Gasteiger partial charge in [-0.05, 0) is 23.8 Å². The van der Waals surface area contributed by atoms with Gasteiger partial charge in [-0.1, -0.05) is 28.1 Å². The molecule has 20 heavy (non-hydrogen) atoms. The monoisotopic (exact) mass is 337 g/mol. The van der Waals surface area contributed by atoms with Gasteiger partial charge >= 0.3 is 0 Å². The number of halogens is 2. The molecule has 2 rings (SSSR count). The van der Waals surface area contributed by atoms with Crippen LogP contribution in [-0.2, 0) is 6.42 Å². The molecule has 0 saturated carbocycles. The molecule has 0 bridgehead atoms. The van der Waals surface area contributed by atoms with E-state index in [1.807, 2.05) is 0 Å². The van der Waals surface area contributed by atoms with Crippen LogP contribution in [0.2, 0.25) is 0 Å². The van der Waals surface area contributed by atoms with Crippen molar-refractivity contribution in [2.24, 2.45) is 0 Å². The minimum atomic E-state index is -0.505. The van der Waals surface area contributed by atoms with E-state index in [1.165, 1.54) is 42.5 Å². The van der Waals surface area contributed by atoms with Gasteiger partial charge in [-0.2, -0.15) is 0 Å². The molecule has 0 saturated heterocycles. The van der Waals surface area contributed by atoms with E-state index in [9.17, 15) is 19.3 Å². The average Bonchev–Trinajstić information content (AvgIpc) is 2.38. The lowest BCUT2D eigenvalue weighted by molar-refractivity contribution is -0.384. The Bertz CT molecular complexity index is 650. The topological polar surface area (TPSA) is 60.2 Å². The zero-order valence-electron chi connectivity index (χ0n) is 10.2. The summed E-state index contributed by atoms with van der Waals surface area (Å²) in [6, 6.07) is 9.68. The fourth-order valence-corrected chi connectivity index (χ4v) is 2.20. The van der Waals surface area contributed by atoms with Gasteiger partial charge in [0, 0.05) is 28.6 Å². The van der Waals surface area contributed by atoms with Crippen LogP contribution in [0.3, 0.4) is 0 Å². The lowest BCUT2D eigenvalue weighted by Gasteiger charge is -2.03. The number of nitrogens with zero attached hydrogens (tertiary/aromatic N) is 1. The molecule has 4 nitrogen and oxygen atoms in total. The van der Waals surface area contributed by atoms with Gasteiger partial charge in [0.1, 0.15) is 5.82 Å². The van der Waals surface area contributed by atoms with E-state index in [0.717, 1.165) is 0 Å². The van der Waals surface area contributed by atoms with Crippen LogP contribution < -0.4 is 0 Å². The van der Waals surface area contributed by atoms with Gasteiger partial charge in [0.15, 0.2) is 5.78 Å². The van der Waals surface area contributed by atoms with Crippen LogP contribution in [0, 0.1) is 15.9 Å². The Hall–Kier alpha value is -2.08. The Morgan fingerprint density at radius 3 is 2.40 bits per heavy atom. The Labute approximate surface area is 122 Å². The second-order valence-corrected chi connectivity index (χ2v) is 5.10. The highest BCUT2D eigenvalue weighted by Gasteiger charge is 2.11.